The highest BCUT2D eigenvalue weighted by molar-refractivity contribution is 9.09. The van der Waals surface area contributed by atoms with Crippen LogP contribution in [0.4, 0.5) is 4.39 Å². The van der Waals surface area contributed by atoms with Gasteiger partial charge in [-0.15, -0.1) is 0 Å². The Morgan fingerprint density at radius 1 is 1.54 bits per heavy atom. The number of hydrogen-bond donors (Lipinski definition) is 0. The van der Waals surface area contributed by atoms with Crippen LogP contribution in [0.5, 0.6) is 0 Å². The standard InChI is InChI=1S/C10H10BrFO/c1-2-7-4-3-5-8(12)10(7)9(13)6-11/h3-5H,2,6H2,1H3. The molecule has 0 saturated carbocycles. The smallest absolute Gasteiger partial charge is 0.176 e. The van der Waals surface area contributed by atoms with Gasteiger partial charge in [-0.2, -0.15) is 0 Å². The Labute approximate surface area is 85.1 Å². The molecule has 0 atom stereocenters. The van der Waals surface area contributed by atoms with Crippen LogP contribution < -0.4 is 0 Å². The van der Waals surface area contributed by atoms with Crippen molar-refractivity contribution >= 4 is 21.7 Å². The third kappa shape index (κ3) is 2.15. The second kappa shape index (κ2) is 4.51. The first kappa shape index (κ1) is 10.4. The Balaban J connectivity index is 3.22. The molecule has 1 aromatic carbocycles. The number of Topliss-reactive ketones (excluding diaryl/α,β-unsaturated/α-hetero) is 1. The minimum atomic E-state index is -0.427. The number of alkyl halides is 1. The van der Waals surface area contributed by atoms with E-state index in [-0.39, 0.29) is 16.7 Å². The third-order valence-corrected chi connectivity index (χ3v) is 2.39. The van der Waals surface area contributed by atoms with Gasteiger partial charge in [-0.3, -0.25) is 4.79 Å². The average Bonchev–Trinajstić information content (AvgIpc) is 2.16. The van der Waals surface area contributed by atoms with E-state index in [1.807, 2.05) is 6.92 Å². The van der Waals surface area contributed by atoms with Crippen LogP contribution in [0, 0.1) is 5.82 Å². The van der Waals surface area contributed by atoms with Gasteiger partial charge in [0.15, 0.2) is 5.78 Å². The first-order chi connectivity index (χ1) is 6.20. The molecular formula is C10H10BrFO. The van der Waals surface area contributed by atoms with Crippen molar-refractivity contribution in [2.24, 2.45) is 0 Å². The topological polar surface area (TPSA) is 17.1 Å². The Bertz CT molecular complexity index is 323. The summed E-state index contributed by atoms with van der Waals surface area (Å²) in [4.78, 5) is 11.3. The normalized spacial score (nSPS) is 10.1. The fraction of sp³-hybridized carbons (Fsp3) is 0.300. The summed E-state index contributed by atoms with van der Waals surface area (Å²) in [6.07, 6.45) is 0.672. The molecule has 0 aromatic heterocycles. The Hall–Kier alpha value is -0.700. The first-order valence-electron chi connectivity index (χ1n) is 4.07. The van der Waals surface area contributed by atoms with Crippen molar-refractivity contribution < 1.29 is 9.18 Å². The summed E-state index contributed by atoms with van der Waals surface area (Å²) < 4.78 is 13.2. The van der Waals surface area contributed by atoms with Crippen LogP contribution in [-0.4, -0.2) is 11.1 Å². The molecule has 13 heavy (non-hydrogen) atoms. The minimum absolute atomic E-state index is 0.168. The lowest BCUT2D eigenvalue weighted by atomic mass is 10.0. The molecule has 0 radical (unpaired) electrons. The van der Waals surface area contributed by atoms with E-state index in [0.717, 1.165) is 5.56 Å². The number of hydrogen-bond acceptors (Lipinski definition) is 1. The lowest BCUT2D eigenvalue weighted by Gasteiger charge is -2.05. The second-order valence-electron chi connectivity index (χ2n) is 2.68. The van der Waals surface area contributed by atoms with E-state index in [2.05, 4.69) is 15.9 Å². The third-order valence-electron chi connectivity index (χ3n) is 1.88. The molecule has 3 heteroatoms. The minimum Gasteiger partial charge on any atom is -0.293 e. The maximum absolute atomic E-state index is 13.2. The molecule has 0 spiro atoms. The molecule has 0 bridgehead atoms. The zero-order valence-corrected chi connectivity index (χ0v) is 8.90. The lowest BCUT2D eigenvalue weighted by Crippen LogP contribution is -2.07. The van der Waals surface area contributed by atoms with Crippen LogP contribution in [0.1, 0.15) is 22.8 Å². The Morgan fingerprint density at radius 2 is 2.23 bits per heavy atom. The quantitative estimate of drug-likeness (QED) is 0.591. The molecule has 1 rings (SSSR count). The van der Waals surface area contributed by atoms with E-state index < -0.39 is 5.82 Å². The van der Waals surface area contributed by atoms with Crippen molar-refractivity contribution in [1.29, 1.82) is 0 Å². The molecule has 0 fully saturated rings. The van der Waals surface area contributed by atoms with E-state index >= 15 is 0 Å². The van der Waals surface area contributed by atoms with Crippen molar-refractivity contribution in [2.45, 2.75) is 13.3 Å². The summed E-state index contributed by atoms with van der Waals surface area (Å²) in [7, 11) is 0. The van der Waals surface area contributed by atoms with Crippen LogP contribution in [0.15, 0.2) is 18.2 Å². The maximum atomic E-state index is 13.2. The largest absolute Gasteiger partial charge is 0.293 e. The van der Waals surface area contributed by atoms with Crippen LogP contribution >= 0.6 is 15.9 Å². The van der Waals surface area contributed by atoms with Crippen LogP contribution in [-0.2, 0) is 6.42 Å². The number of carbonyl (C=O) groups is 1. The summed E-state index contributed by atoms with van der Waals surface area (Å²) in [6.45, 7) is 1.90. The number of halogens is 2. The average molecular weight is 245 g/mol. The van der Waals surface area contributed by atoms with Crippen molar-refractivity contribution in [3.63, 3.8) is 0 Å². The second-order valence-corrected chi connectivity index (χ2v) is 3.25. The lowest BCUT2D eigenvalue weighted by molar-refractivity contribution is 0.101. The van der Waals surface area contributed by atoms with Gasteiger partial charge in [-0.05, 0) is 18.1 Å². The van der Waals surface area contributed by atoms with E-state index in [1.54, 1.807) is 12.1 Å². The molecule has 0 aliphatic carbocycles. The van der Waals surface area contributed by atoms with Gasteiger partial charge in [0.1, 0.15) is 5.82 Å². The van der Waals surface area contributed by atoms with Gasteiger partial charge in [0, 0.05) is 0 Å². The fourth-order valence-electron chi connectivity index (χ4n) is 1.24. The summed E-state index contributed by atoms with van der Waals surface area (Å²) in [5.74, 6) is -0.626. The van der Waals surface area contributed by atoms with Gasteiger partial charge in [0.05, 0.1) is 10.9 Å². The Kier molecular flexibility index (Phi) is 3.60. The van der Waals surface area contributed by atoms with E-state index in [4.69, 9.17) is 0 Å². The predicted octanol–water partition coefficient (Wildman–Crippen LogP) is 2.97. The van der Waals surface area contributed by atoms with Crippen LogP contribution in [0.25, 0.3) is 0 Å². The highest BCUT2D eigenvalue weighted by atomic mass is 79.9. The molecule has 0 unspecified atom stereocenters. The van der Waals surface area contributed by atoms with Gasteiger partial charge in [0.25, 0.3) is 0 Å². The number of ketones is 1. The molecule has 1 nitrogen and oxygen atoms in total. The summed E-state index contributed by atoms with van der Waals surface area (Å²) in [5.41, 5.74) is 0.992. The molecule has 0 N–H and O–H groups in total. The zero-order valence-electron chi connectivity index (χ0n) is 7.31. The van der Waals surface area contributed by atoms with Gasteiger partial charge in [-0.25, -0.2) is 4.39 Å². The van der Waals surface area contributed by atoms with Gasteiger partial charge < -0.3 is 0 Å². The van der Waals surface area contributed by atoms with Crippen LogP contribution in [0.3, 0.4) is 0 Å². The van der Waals surface area contributed by atoms with Crippen molar-refractivity contribution in [1.82, 2.24) is 0 Å². The highest BCUT2D eigenvalue weighted by Crippen LogP contribution is 2.15. The summed E-state index contributed by atoms with van der Waals surface area (Å²) in [6, 6.07) is 4.72. The molecule has 0 saturated heterocycles. The first-order valence-corrected chi connectivity index (χ1v) is 5.19. The summed E-state index contributed by atoms with van der Waals surface area (Å²) in [5, 5.41) is 0.168. The molecule has 1 aromatic rings. The monoisotopic (exact) mass is 244 g/mol. The van der Waals surface area contributed by atoms with Gasteiger partial charge in [0.2, 0.25) is 0 Å². The zero-order chi connectivity index (χ0) is 9.84. The highest BCUT2D eigenvalue weighted by Gasteiger charge is 2.13. The fourth-order valence-corrected chi connectivity index (χ4v) is 1.52. The maximum Gasteiger partial charge on any atom is 0.176 e. The predicted molar refractivity (Wildman–Crippen MR) is 53.9 cm³/mol. The number of rotatable bonds is 3. The van der Waals surface area contributed by atoms with Gasteiger partial charge in [-0.1, -0.05) is 35.0 Å². The molecule has 0 heterocycles. The molecule has 0 aliphatic rings. The molecule has 0 amide bonds. The van der Waals surface area contributed by atoms with Crippen molar-refractivity contribution in [3.05, 3.63) is 35.1 Å². The Morgan fingerprint density at radius 3 is 2.77 bits per heavy atom. The molecule has 0 aliphatic heterocycles. The van der Waals surface area contributed by atoms with E-state index in [1.165, 1.54) is 6.07 Å². The molecular weight excluding hydrogens is 235 g/mol. The van der Waals surface area contributed by atoms with E-state index in [9.17, 15) is 9.18 Å². The van der Waals surface area contributed by atoms with Crippen molar-refractivity contribution in [2.75, 3.05) is 5.33 Å². The number of benzene rings is 1. The van der Waals surface area contributed by atoms with Gasteiger partial charge >= 0.3 is 0 Å². The van der Waals surface area contributed by atoms with E-state index in [0.29, 0.717) is 6.42 Å². The van der Waals surface area contributed by atoms with Crippen molar-refractivity contribution in [3.8, 4) is 0 Å². The number of carbonyl (C=O) groups excluding carboxylic acids is 1. The summed E-state index contributed by atoms with van der Waals surface area (Å²) >= 11 is 3.03. The molecule has 70 valence electrons. The number of aryl methyl sites for hydroxylation is 1. The van der Waals surface area contributed by atoms with Crippen LogP contribution in [0.2, 0.25) is 0 Å². The SMILES string of the molecule is CCc1cccc(F)c1C(=O)CBr.